The number of carboxylic acid groups (broad SMARTS) is 2. The summed E-state index contributed by atoms with van der Waals surface area (Å²) in [5.74, 6) is -3.21. The topological polar surface area (TPSA) is 314 Å². The number of carboxylic acids is 2. The molecular formula is C70H65BrF3N13O11. The van der Waals surface area contributed by atoms with Crippen molar-refractivity contribution in [1.82, 2.24) is 65.3 Å². The number of ether oxygens (including phenoxy) is 2. The summed E-state index contributed by atoms with van der Waals surface area (Å²) in [6, 6.07) is 27.4. The summed E-state index contributed by atoms with van der Waals surface area (Å²) in [5.41, 5.74) is 6.68. The van der Waals surface area contributed by atoms with Gasteiger partial charge in [-0.3, -0.25) is 38.2 Å². The minimum absolute atomic E-state index is 0.0962. The predicted molar refractivity (Wildman–Crippen MR) is 368 cm³/mol. The molecular weight excluding hydrogens is 1340 g/mol. The Bertz CT molecular complexity index is 5070. The molecule has 1 aliphatic carbocycles. The number of amides is 3. The normalized spacial score (nSPS) is 11.8. The molecule has 0 bridgehead atoms. The Kier molecular flexibility index (Phi) is 22.0. The van der Waals surface area contributed by atoms with Crippen molar-refractivity contribution in [2.75, 3.05) is 20.8 Å². The lowest BCUT2D eigenvalue weighted by atomic mass is 10.0. The van der Waals surface area contributed by atoms with Crippen molar-refractivity contribution < 1.29 is 66.4 Å². The Hall–Kier alpha value is -11.9. The molecule has 0 radical (unpaired) electrons. The molecule has 28 heteroatoms. The number of aliphatic hydroxyl groups is 1. The Morgan fingerprint density at radius 3 is 1.58 bits per heavy atom. The number of halogens is 4. The van der Waals surface area contributed by atoms with Gasteiger partial charge in [0, 0.05) is 56.0 Å². The second kappa shape index (κ2) is 30.7. The van der Waals surface area contributed by atoms with Gasteiger partial charge in [-0.15, -0.1) is 0 Å². The second-order valence-corrected chi connectivity index (χ2v) is 22.6. The first kappa shape index (κ1) is 70.4. The van der Waals surface area contributed by atoms with E-state index in [2.05, 4.69) is 88.8 Å². The average molecular weight is 1400 g/mol. The van der Waals surface area contributed by atoms with Crippen LogP contribution < -0.4 is 25.4 Å². The number of hydrogen-bond acceptors (Lipinski definition) is 14. The van der Waals surface area contributed by atoms with Gasteiger partial charge < -0.3 is 45.2 Å². The standard InChI is InChI=1S/C20H21N3O3.C17H17N3O3.C14H14FN3O.C11H9FN2O2.C8H4BrFN2O2/c1-4-15-18-17(23(2)22-15)11-10-14(19(18)26-3)20(25)21-16(12-24)13-8-6-5-7-9-13;1-4-13-15-14(20(2)19-13)8-7-12(16(15)22-3)17(21)18-10-11-6-5-9-23-11;1-3-12-10-6-8(14(19)16-9-4-5-9)7-11(15)13(10)18(2)17-12;1-3-9-7-4-6(11(15)16)5-8(12)10(7)14(2)13-9;9-7-4-1-3(8(13)14)2-5(10)6(4)11-12-7/h4-11,16,24H,1,12H2,2-3H3,(H,21,25);4-9H,1,10H2,2-3H3,(H,18,21);3,6-7,9H,1,4-5H2,2H3,(H,16,19);3-5H,1H2,2H3,(H,15,16);1-2H,(H,11,12)(H,13,14)/t16-;;;;/m1..../s1. The fourth-order valence-electron chi connectivity index (χ4n) is 10.6. The zero-order valence-electron chi connectivity index (χ0n) is 53.7. The molecule has 1 saturated carbocycles. The number of benzene rings is 6. The number of nitrogens with one attached hydrogen (secondary N) is 4. The molecule has 6 aromatic heterocycles. The number of H-pyrrole nitrogens is 1. The number of furan rings is 1. The largest absolute Gasteiger partial charge is 0.495 e. The number of aromatic nitrogens is 10. The van der Waals surface area contributed by atoms with E-state index in [4.69, 9.17) is 24.1 Å². The summed E-state index contributed by atoms with van der Waals surface area (Å²) in [7, 11) is 9.99. The van der Waals surface area contributed by atoms with Gasteiger partial charge in [-0.2, -0.15) is 25.5 Å². The van der Waals surface area contributed by atoms with E-state index in [1.54, 1.807) is 78.3 Å². The zero-order chi connectivity index (χ0) is 70.8. The third-order valence-corrected chi connectivity index (χ3v) is 16.0. The molecule has 24 nitrogen and oxygen atoms in total. The molecule has 6 heterocycles. The lowest BCUT2D eigenvalue weighted by molar-refractivity contribution is 0.0686. The van der Waals surface area contributed by atoms with Crippen molar-refractivity contribution >= 4 is 124 Å². The van der Waals surface area contributed by atoms with Gasteiger partial charge in [0.1, 0.15) is 50.0 Å². The van der Waals surface area contributed by atoms with Crippen LogP contribution in [-0.2, 0) is 34.7 Å². The molecule has 0 unspecified atom stereocenters. The quantitative estimate of drug-likeness (QED) is 0.0445. The zero-order valence-corrected chi connectivity index (χ0v) is 55.2. The first-order valence-corrected chi connectivity index (χ1v) is 30.6. The monoisotopic (exact) mass is 1400 g/mol. The van der Waals surface area contributed by atoms with Crippen LogP contribution in [0, 0.1) is 17.5 Å². The fourth-order valence-corrected chi connectivity index (χ4v) is 11.0. The Labute approximate surface area is 565 Å². The number of aromatic carboxylic acids is 2. The van der Waals surface area contributed by atoms with Crippen LogP contribution in [0.15, 0.2) is 145 Å². The number of carbonyl (C=O) groups excluding carboxylic acids is 3. The lowest BCUT2D eigenvalue weighted by Gasteiger charge is -2.18. The Balaban J connectivity index is 0.000000146. The van der Waals surface area contributed by atoms with E-state index in [1.165, 1.54) is 47.9 Å². The van der Waals surface area contributed by atoms with E-state index in [0.717, 1.165) is 52.3 Å². The first-order valence-electron chi connectivity index (χ1n) is 29.8. The van der Waals surface area contributed by atoms with Gasteiger partial charge in [0.25, 0.3) is 17.7 Å². The molecule has 3 amide bonds. The third-order valence-electron chi connectivity index (χ3n) is 15.4. The molecule has 1 aliphatic rings. The van der Waals surface area contributed by atoms with Gasteiger partial charge in [0.15, 0.2) is 5.82 Å². The minimum Gasteiger partial charge on any atom is -0.495 e. The van der Waals surface area contributed by atoms with Crippen molar-refractivity contribution in [2.45, 2.75) is 31.5 Å². The fraction of sp³-hybridized carbons (Fsp3) is 0.171. The van der Waals surface area contributed by atoms with Crippen LogP contribution in [0.5, 0.6) is 11.5 Å². The summed E-state index contributed by atoms with van der Waals surface area (Å²) < 4.78 is 64.0. The molecule has 0 aliphatic heterocycles. The number of aliphatic hydroxyl groups excluding tert-OH is 1. The van der Waals surface area contributed by atoms with E-state index < -0.39 is 35.4 Å². The Morgan fingerprint density at radius 1 is 0.633 bits per heavy atom. The Morgan fingerprint density at radius 2 is 1.11 bits per heavy atom. The first-order chi connectivity index (χ1) is 47.0. The van der Waals surface area contributed by atoms with E-state index in [1.807, 2.05) is 56.6 Å². The highest BCUT2D eigenvalue weighted by atomic mass is 79.9. The number of methoxy groups -OCH3 is 2. The van der Waals surface area contributed by atoms with E-state index in [9.17, 15) is 42.3 Å². The van der Waals surface area contributed by atoms with Gasteiger partial charge in [-0.25, -0.2) is 22.8 Å². The number of carbonyl (C=O) groups is 5. The summed E-state index contributed by atoms with van der Waals surface area (Å²) in [6.45, 7) is 14.9. The lowest BCUT2D eigenvalue weighted by Crippen LogP contribution is -2.31. The maximum absolute atomic E-state index is 14.1. The molecule has 504 valence electrons. The van der Waals surface area contributed by atoms with Gasteiger partial charge in [0.05, 0.1) is 107 Å². The number of rotatable bonds is 17. The molecule has 13 rings (SSSR count). The highest BCUT2D eigenvalue weighted by Crippen LogP contribution is 2.35. The van der Waals surface area contributed by atoms with Crippen LogP contribution >= 0.6 is 15.9 Å². The number of hydrogen-bond donors (Lipinski definition) is 7. The van der Waals surface area contributed by atoms with Crippen molar-refractivity contribution in [1.29, 1.82) is 0 Å². The van der Waals surface area contributed by atoms with Crippen LogP contribution in [-0.4, -0.2) is 121 Å². The molecule has 12 aromatic rings. The highest BCUT2D eigenvalue weighted by Gasteiger charge is 2.27. The predicted octanol–water partition coefficient (Wildman–Crippen LogP) is 11.9. The summed E-state index contributed by atoms with van der Waals surface area (Å²) in [5, 5.41) is 61.9. The maximum atomic E-state index is 14.1. The summed E-state index contributed by atoms with van der Waals surface area (Å²) in [4.78, 5) is 58.7. The number of aryl methyl sites for hydroxylation is 4. The van der Waals surface area contributed by atoms with Crippen LogP contribution in [0.25, 0.3) is 78.8 Å². The molecule has 0 spiro atoms. The third kappa shape index (κ3) is 15.1. The summed E-state index contributed by atoms with van der Waals surface area (Å²) >= 11 is 3.11. The highest BCUT2D eigenvalue weighted by molar-refractivity contribution is 9.10. The van der Waals surface area contributed by atoms with Gasteiger partial charge in [0.2, 0.25) is 0 Å². The second-order valence-electron chi connectivity index (χ2n) is 21.8. The van der Waals surface area contributed by atoms with Crippen LogP contribution in [0.3, 0.4) is 0 Å². The average Bonchev–Trinajstić information content (AvgIpc) is 1.60. The smallest absolute Gasteiger partial charge is 0.335 e. The van der Waals surface area contributed by atoms with E-state index in [-0.39, 0.29) is 52.5 Å². The molecule has 7 N–H and O–H groups in total. The van der Waals surface area contributed by atoms with Crippen LogP contribution in [0.2, 0.25) is 0 Å². The molecule has 1 atom stereocenters. The van der Waals surface area contributed by atoms with Crippen molar-refractivity contribution in [2.24, 2.45) is 28.2 Å². The summed E-state index contributed by atoms with van der Waals surface area (Å²) in [6.07, 6.45) is 9.88. The minimum atomic E-state index is -1.17. The van der Waals surface area contributed by atoms with E-state index >= 15 is 0 Å². The number of nitrogens with zero attached hydrogens (tertiary/aromatic N) is 9. The number of aromatic amines is 1. The van der Waals surface area contributed by atoms with Gasteiger partial charge in [-0.05, 0) is 131 Å². The van der Waals surface area contributed by atoms with Gasteiger partial charge in [-0.1, -0.05) is 56.6 Å². The van der Waals surface area contributed by atoms with Crippen molar-refractivity contribution in [3.05, 3.63) is 220 Å². The van der Waals surface area contributed by atoms with Crippen molar-refractivity contribution in [3.63, 3.8) is 0 Å². The molecule has 98 heavy (non-hydrogen) atoms. The van der Waals surface area contributed by atoms with Crippen LogP contribution in [0.1, 0.15) is 105 Å². The maximum Gasteiger partial charge on any atom is 0.335 e. The molecule has 0 saturated heterocycles. The number of fused-ring (bicyclic) bond motifs is 5. The SMILES string of the molecule is C=Cc1nn(C)c2c(F)cc(C(=O)NC3CC3)cc12.C=Cc1nn(C)c2c(F)cc(C(=O)O)cc12.C=Cc1nn(C)c2ccc(C(=O)NCc3ccco3)c(OC)c12.C=Cc1nn(C)c2ccc(C(=O)N[C@H](CO)c3ccccc3)c(OC)c12.O=C(O)c1cc(F)c2n[nH]c(Br)c2c1. The van der Waals surface area contributed by atoms with Crippen molar-refractivity contribution in [3.8, 4) is 11.5 Å². The molecule has 1 fully saturated rings. The van der Waals surface area contributed by atoms with E-state index in [0.29, 0.717) is 89.5 Å². The van der Waals surface area contributed by atoms with Crippen LogP contribution in [0.4, 0.5) is 13.2 Å². The van der Waals surface area contributed by atoms with Gasteiger partial charge >= 0.3 is 11.9 Å². The molecule has 6 aromatic carbocycles.